The standard InChI is InChI=1S/C38H57N5O8S/c1-26(52(49,50)19-14-34(44)43-15-17-51-18-16-43)20-30(21-27-8-4-2-5-9-27)37(47)42-33(23-31-24-39-25-40-31)38(48)41-32(22-28-10-6-3-7-11-28)36(46)35(45)29-12-13-29/h2,4-5,8-9,24-26,28-30,32-33,35-36,45-46H,3,6-7,10-23H2,1H3,(H,39,40)(H,41,48)(H,42,47)/t26-,30?,32-,33-,35-,36+/m0/s1. The van der Waals surface area contributed by atoms with Gasteiger partial charge in [-0.15, -0.1) is 0 Å². The molecule has 3 aliphatic rings. The Morgan fingerprint density at radius 1 is 0.981 bits per heavy atom. The molecule has 0 spiro atoms. The molecule has 2 heterocycles. The number of hydrogen-bond donors (Lipinski definition) is 5. The van der Waals surface area contributed by atoms with E-state index in [2.05, 4.69) is 20.6 Å². The lowest BCUT2D eigenvalue weighted by atomic mass is 9.82. The Balaban J connectivity index is 1.31. The van der Waals surface area contributed by atoms with E-state index in [4.69, 9.17) is 4.74 Å². The summed E-state index contributed by atoms with van der Waals surface area (Å²) in [7, 11) is -3.75. The summed E-state index contributed by atoms with van der Waals surface area (Å²) in [4.78, 5) is 49.8. The molecular formula is C38H57N5O8S. The van der Waals surface area contributed by atoms with Crippen LogP contribution in [0.1, 0.15) is 82.4 Å². The van der Waals surface area contributed by atoms with Gasteiger partial charge in [0.1, 0.15) is 12.1 Å². The fourth-order valence-corrected chi connectivity index (χ4v) is 8.93. The van der Waals surface area contributed by atoms with Gasteiger partial charge in [0.25, 0.3) is 0 Å². The average Bonchev–Trinajstić information content (AvgIpc) is 3.88. The molecule has 6 atom stereocenters. The number of imidazole rings is 1. The molecule has 0 bridgehead atoms. The third-order valence-corrected chi connectivity index (χ3v) is 13.2. The first-order valence-electron chi connectivity index (χ1n) is 19.1. The van der Waals surface area contributed by atoms with E-state index in [1.165, 1.54) is 6.33 Å². The van der Waals surface area contributed by atoms with Crippen molar-refractivity contribution in [2.75, 3.05) is 32.1 Å². The minimum atomic E-state index is -3.75. The molecule has 1 saturated heterocycles. The predicted molar refractivity (Wildman–Crippen MR) is 196 cm³/mol. The first kappa shape index (κ1) is 39.9. The van der Waals surface area contributed by atoms with Crippen molar-refractivity contribution in [3.63, 3.8) is 0 Å². The summed E-state index contributed by atoms with van der Waals surface area (Å²) >= 11 is 0. The van der Waals surface area contributed by atoms with E-state index in [1.807, 2.05) is 30.3 Å². The quantitative estimate of drug-likeness (QED) is 0.144. The molecule has 1 aromatic heterocycles. The van der Waals surface area contributed by atoms with Crippen molar-refractivity contribution in [2.45, 2.75) is 114 Å². The number of H-pyrrole nitrogens is 1. The van der Waals surface area contributed by atoms with Gasteiger partial charge in [0.2, 0.25) is 17.7 Å². The number of sulfone groups is 1. The topological polar surface area (TPSA) is 191 Å². The van der Waals surface area contributed by atoms with Crippen LogP contribution in [0.15, 0.2) is 42.9 Å². The summed E-state index contributed by atoms with van der Waals surface area (Å²) in [5.41, 5.74) is 1.39. The van der Waals surface area contributed by atoms with E-state index in [0.717, 1.165) is 50.5 Å². The molecule has 3 amide bonds. The van der Waals surface area contributed by atoms with Crippen LogP contribution in [0, 0.1) is 17.8 Å². The zero-order valence-electron chi connectivity index (χ0n) is 30.3. The number of aromatic nitrogens is 2. The van der Waals surface area contributed by atoms with Gasteiger partial charge in [0.05, 0.1) is 48.4 Å². The van der Waals surface area contributed by atoms with Crippen molar-refractivity contribution < 1.29 is 37.8 Å². The number of carbonyl (C=O) groups is 3. The maximum Gasteiger partial charge on any atom is 0.243 e. The molecule has 3 fully saturated rings. The monoisotopic (exact) mass is 743 g/mol. The summed E-state index contributed by atoms with van der Waals surface area (Å²) in [6, 6.07) is 7.53. The van der Waals surface area contributed by atoms with Gasteiger partial charge in [-0.1, -0.05) is 62.4 Å². The number of nitrogens with zero attached hydrogens (tertiary/aromatic N) is 2. The minimum absolute atomic E-state index is 0.00909. The highest BCUT2D eigenvalue weighted by Crippen LogP contribution is 2.36. The first-order chi connectivity index (χ1) is 25.0. The van der Waals surface area contributed by atoms with Crippen molar-refractivity contribution in [3.8, 4) is 0 Å². The van der Waals surface area contributed by atoms with Gasteiger partial charge in [-0.2, -0.15) is 0 Å². The first-order valence-corrected chi connectivity index (χ1v) is 20.8. The normalized spacial score (nSPS) is 20.6. The summed E-state index contributed by atoms with van der Waals surface area (Å²) in [5.74, 6) is -2.03. The maximum absolute atomic E-state index is 14.2. The van der Waals surface area contributed by atoms with Gasteiger partial charge in [-0.3, -0.25) is 14.4 Å². The van der Waals surface area contributed by atoms with Gasteiger partial charge in [-0.05, 0) is 56.4 Å². The lowest BCUT2D eigenvalue weighted by Gasteiger charge is -2.33. The Kier molecular flexibility index (Phi) is 14.7. The van der Waals surface area contributed by atoms with Crippen molar-refractivity contribution in [1.29, 1.82) is 0 Å². The molecular weight excluding hydrogens is 687 g/mol. The van der Waals surface area contributed by atoms with Crippen LogP contribution >= 0.6 is 0 Å². The molecule has 13 nitrogen and oxygen atoms in total. The number of hydrogen-bond acceptors (Lipinski definition) is 9. The number of morpholine rings is 1. The Morgan fingerprint density at radius 3 is 2.35 bits per heavy atom. The zero-order valence-corrected chi connectivity index (χ0v) is 31.1. The van der Waals surface area contributed by atoms with Crippen LogP contribution in [0.2, 0.25) is 0 Å². The Bertz CT molecular complexity index is 1530. The number of rotatable bonds is 19. The smallest absolute Gasteiger partial charge is 0.243 e. The van der Waals surface area contributed by atoms with Gasteiger partial charge in [-0.25, -0.2) is 13.4 Å². The van der Waals surface area contributed by atoms with E-state index in [0.29, 0.717) is 44.3 Å². The molecule has 14 heteroatoms. The van der Waals surface area contributed by atoms with E-state index < -0.39 is 57.1 Å². The van der Waals surface area contributed by atoms with Gasteiger partial charge >= 0.3 is 0 Å². The molecule has 5 rings (SSSR count). The van der Waals surface area contributed by atoms with E-state index in [1.54, 1.807) is 18.0 Å². The molecule has 2 saturated carbocycles. The van der Waals surface area contributed by atoms with Gasteiger partial charge in [0, 0.05) is 38.0 Å². The number of aliphatic hydroxyl groups is 2. The largest absolute Gasteiger partial charge is 0.390 e. The molecule has 2 aliphatic carbocycles. The maximum atomic E-state index is 14.2. The summed E-state index contributed by atoms with van der Waals surface area (Å²) in [5, 5.41) is 27.2. The lowest BCUT2D eigenvalue weighted by molar-refractivity contribution is -0.134. The van der Waals surface area contributed by atoms with Crippen LogP contribution in [0.3, 0.4) is 0 Å². The Morgan fingerprint density at radius 2 is 1.69 bits per heavy atom. The summed E-state index contributed by atoms with van der Waals surface area (Å²) in [6.07, 6.45) is 8.72. The number of aliphatic hydroxyl groups excluding tert-OH is 2. The molecule has 2 aromatic rings. The van der Waals surface area contributed by atoms with Gasteiger partial charge in [0.15, 0.2) is 9.84 Å². The van der Waals surface area contributed by atoms with Crippen molar-refractivity contribution in [3.05, 3.63) is 54.1 Å². The highest BCUT2D eigenvalue weighted by molar-refractivity contribution is 7.92. The fraction of sp³-hybridized carbons (Fsp3) is 0.684. The molecule has 1 unspecified atom stereocenters. The highest BCUT2D eigenvalue weighted by Gasteiger charge is 2.40. The second-order valence-corrected chi connectivity index (χ2v) is 17.6. The third kappa shape index (κ3) is 11.8. The highest BCUT2D eigenvalue weighted by atomic mass is 32.2. The van der Waals surface area contributed by atoms with Crippen molar-refractivity contribution in [1.82, 2.24) is 25.5 Å². The fourth-order valence-electron chi connectivity index (χ4n) is 7.54. The summed E-state index contributed by atoms with van der Waals surface area (Å²) in [6.45, 7) is 3.28. The SMILES string of the molecule is C[C@@H](CC(Cc1ccccc1)C(=O)N[C@@H](Cc1c[nH]cn1)C(=O)N[C@@H](CC1CCCCC1)[C@@H](O)[C@@H](O)C1CC1)S(=O)(=O)CCC(=O)N1CCOCC1. The number of carbonyl (C=O) groups excluding carboxylic acids is 3. The molecule has 0 radical (unpaired) electrons. The second-order valence-electron chi connectivity index (χ2n) is 15.0. The molecule has 5 N–H and O–H groups in total. The number of benzene rings is 1. The van der Waals surface area contributed by atoms with Crippen LogP contribution in [-0.2, 0) is 41.8 Å². The second kappa shape index (κ2) is 19.1. The minimum Gasteiger partial charge on any atom is -0.390 e. The average molecular weight is 744 g/mol. The number of amides is 3. The van der Waals surface area contributed by atoms with Crippen LogP contribution in [0.25, 0.3) is 0 Å². The Labute approximate surface area is 307 Å². The van der Waals surface area contributed by atoms with E-state index in [9.17, 15) is 33.0 Å². The lowest BCUT2D eigenvalue weighted by Crippen LogP contribution is -2.56. The van der Waals surface area contributed by atoms with Crippen LogP contribution in [0.4, 0.5) is 0 Å². The van der Waals surface area contributed by atoms with Crippen LogP contribution < -0.4 is 10.6 Å². The third-order valence-electron chi connectivity index (χ3n) is 11.0. The predicted octanol–water partition coefficient (Wildman–Crippen LogP) is 2.33. The molecule has 288 valence electrons. The Hall–Kier alpha value is -3.33. The molecule has 1 aliphatic heterocycles. The molecule has 52 heavy (non-hydrogen) atoms. The molecule has 1 aromatic carbocycles. The zero-order chi connectivity index (χ0) is 37.1. The van der Waals surface area contributed by atoms with E-state index in [-0.39, 0.29) is 43.3 Å². The van der Waals surface area contributed by atoms with Crippen molar-refractivity contribution in [2.24, 2.45) is 17.8 Å². The number of nitrogens with one attached hydrogen (secondary N) is 3. The summed E-state index contributed by atoms with van der Waals surface area (Å²) < 4.78 is 32.3. The van der Waals surface area contributed by atoms with E-state index >= 15 is 0 Å². The van der Waals surface area contributed by atoms with Gasteiger partial charge < -0.3 is 35.5 Å². The van der Waals surface area contributed by atoms with Crippen LogP contribution in [-0.4, -0.2) is 113 Å². The van der Waals surface area contributed by atoms with Crippen molar-refractivity contribution >= 4 is 27.6 Å². The van der Waals surface area contributed by atoms with Crippen LogP contribution in [0.5, 0.6) is 0 Å². The number of aromatic amines is 1. The number of ether oxygens (including phenoxy) is 1.